The van der Waals surface area contributed by atoms with Crippen molar-refractivity contribution < 1.29 is 0 Å². The number of nitriles is 1. The third kappa shape index (κ3) is 2.77. The van der Waals surface area contributed by atoms with Gasteiger partial charge in [-0.1, -0.05) is 12.8 Å². The lowest BCUT2D eigenvalue weighted by molar-refractivity contribution is 0.214. The number of thiazole rings is 1. The molecular formula is C11H15N3S. The predicted molar refractivity (Wildman–Crippen MR) is 60.4 cm³/mol. The van der Waals surface area contributed by atoms with Gasteiger partial charge in [-0.15, -0.1) is 11.3 Å². The molecule has 1 heterocycles. The minimum atomic E-state index is 0.532. The van der Waals surface area contributed by atoms with Crippen LogP contribution in [-0.4, -0.2) is 22.5 Å². The van der Waals surface area contributed by atoms with Crippen LogP contribution >= 0.6 is 11.3 Å². The van der Waals surface area contributed by atoms with Crippen LogP contribution in [0.5, 0.6) is 0 Å². The van der Waals surface area contributed by atoms with Gasteiger partial charge in [-0.3, -0.25) is 4.90 Å². The zero-order valence-electron chi connectivity index (χ0n) is 8.72. The Kier molecular flexibility index (Phi) is 3.70. The second-order valence-electron chi connectivity index (χ2n) is 3.93. The Morgan fingerprint density at radius 3 is 2.93 bits per heavy atom. The first-order chi connectivity index (χ1) is 7.40. The summed E-state index contributed by atoms with van der Waals surface area (Å²) in [5.74, 6) is 0. The zero-order valence-corrected chi connectivity index (χ0v) is 9.54. The fourth-order valence-corrected chi connectivity index (χ4v) is 2.82. The second kappa shape index (κ2) is 5.24. The molecule has 0 saturated heterocycles. The Hall–Kier alpha value is -0.920. The Morgan fingerprint density at radius 1 is 1.53 bits per heavy atom. The van der Waals surface area contributed by atoms with Gasteiger partial charge >= 0.3 is 0 Å². The largest absolute Gasteiger partial charge is 0.281 e. The minimum absolute atomic E-state index is 0.532. The SMILES string of the molecule is N#CCN(Cc1nccs1)C1CCCC1. The monoisotopic (exact) mass is 221 g/mol. The number of hydrogen-bond acceptors (Lipinski definition) is 4. The number of hydrogen-bond donors (Lipinski definition) is 0. The van der Waals surface area contributed by atoms with Crippen molar-refractivity contribution >= 4 is 11.3 Å². The van der Waals surface area contributed by atoms with Crippen molar-refractivity contribution in [2.75, 3.05) is 6.54 Å². The molecule has 1 aromatic heterocycles. The molecule has 2 rings (SSSR count). The van der Waals surface area contributed by atoms with Crippen LogP contribution in [0.3, 0.4) is 0 Å². The van der Waals surface area contributed by atoms with Gasteiger partial charge in [0.2, 0.25) is 0 Å². The fraction of sp³-hybridized carbons (Fsp3) is 0.636. The fourth-order valence-electron chi connectivity index (χ4n) is 2.18. The molecule has 0 atom stereocenters. The molecule has 0 radical (unpaired) electrons. The van der Waals surface area contributed by atoms with Crippen molar-refractivity contribution in [3.63, 3.8) is 0 Å². The Morgan fingerprint density at radius 2 is 2.33 bits per heavy atom. The van der Waals surface area contributed by atoms with E-state index in [1.165, 1.54) is 25.7 Å². The first-order valence-corrected chi connectivity index (χ1v) is 6.27. The van der Waals surface area contributed by atoms with Gasteiger partial charge in [0.15, 0.2) is 0 Å². The van der Waals surface area contributed by atoms with Crippen molar-refractivity contribution in [1.82, 2.24) is 9.88 Å². The Bertz CT molecular complexity index is 322. The maximum atomic E-state index is 8.82. The van der Waals surface area contributed by atoms with Crippen molar-refractivity contribution in [1.29, 1.82) is 5.26 Å². The summed E-state index contributed by atoms with van der Waals surface area (Å²) in [7, 11) is 0. The molecule has 1 saturated carbocycles. The van der Waals surface area contributed by atoms with Crippen molar-refractivity contribution in [3.8, 4) is 6.07 Å². The normalized spacial score (nSPS) is 17.1. The highest BCUT2D eigenvalue weighted by atomic mass is 32.1. The number of aromatic nitrogens is 1. The summed E-state index contributed by atoms with van der Waals surface area (Å²) in [6.45, 7) is 1.38. The summed E-state index contributed by atoms with van der Waals surface area (Å²) in [6, 6.07) is 2.87. The van der Waals surface area contributed by atoms with E-state index in [1.54, 1.807) is 11.3 Å². The van der Waals surface area contributed by atoms with E-state index in [-0.39, 0.29) is 0 Å². The van der Waals surface area contributed by atoms with Crippen LogP contribution in [0.2, 0.25) is 0 Å². The Labute approximate surface area is 94.4 Å². The lowest BCUT2D eigenvalue weighted by Crippen LogP contribution is -2.33. The summed E-state index contributed by atoms with van der Waals surface area (Å²) in [5, 5.41) is 11.9. The lowest BCUT2D eigenvalue weighted by Gasteiger charge is -2.24. The Balaban J connectivity index is 1.96. The molecule has 1 fully saturated rings. The summed E-state index contributed by atoms with van der Waals surface area (Å²) in [5.41, 5.74) is 0. The molecule has 80 valence electrons. The summed E-state index contributed by atoms with van der Waals surface area (Å²) in [4.78, 5) is 6.55. The van der Waals surface area contributed by atoms with Gasteiger partial charge < -0.3 is 0 Å². The van der Waals surface area contributed by atoms with Crippen molar-refractivity contribution in [2.24, 2.45) is 0 Å². The van der Waals surface area contributed by atoms with Crippen LogP contribution in [-0.2, 0) is 6.54 Å². The van der Waals surface area contributed by atoms with Gasteiger partial charge in [-0.25, -0.2) is 4.98 Å². The van der Waals surface area contributed by atoms with E-state index in [4.69, 9.17) is 5.26 Å². The molecule has 3 nitrogen and oxygen atoms in total. The van der Waals surface area contributed by atoms with Crippen molar-refractivity contribution in [2.45, 2.75) is 38.3 Å². The molecule has 4 heteroatoms. The van der Waals surface area contributed by atoms with Crippen LogP contribution in [0.1, 0.15) is 30.7 Å². The van der Waals surface area contributed by atoms with Crippen LogP contribution in [0, 0.1) is 11.3 Å². The molecule has 1 aliphatic carbocycles. The maximum absolute atomic E-state index is 8.82. The molecule has 0 spiro atoms. The van der Waals surface area contributed by atoms with E-state index in [0.717, 1.165) is 11.6 Å². The molecule has 0 unspecified atom stereocenters. The standard InChI is InChI=1S/C11H15N3S/c12-5-7-14(10-3-1-2-4-10)9-11-13-6-8-15-11/h6,8,10H,1-4,7,9H2. The predicted octanol–water partition coefficient (Wildman–Crippen LogP) is 2.41. The van der Waals surface area contributed by atoms with Crippen LogP contribution < -0.4 is 0 Å². The van der Waals surface area contributed by atoms with E-state index < -0.39 is 0 Å². The molecular weight excluding hydrogens is 206 g/mol. The van der Waals surface area contributed by atoms with E-state index >= 15 is 0 Å². The minimum Gasteiger partial charge on any atom is -0.281 e. The highest BCUT2D eigenvalue weighted by Gasteiger charge is 2.22. The van der Waals surface area contributed by atoms with E-state index in [1.807, 2.05) is 11.6 Å². The molecule has 0 aliphatic heterocycles. The summed E-state index contributed by atoms with van der Waals surface area (Å²) >= 11 is 1.67. The summed E-state index contributed by atoms with van der Waals surface area (Å²) in [6.07, 6.45) is 6.94. The van der Waals surface area contributed by atoms with Crippen LogP contribution in [0.4, 0.5) is 0 Å². The van der Waals surface area contributed by atoms with Gasteiger partial charge in [-0.05, 0) is 12.8 Å². The highest BCUT2D eigenvalue weighted by Crippen LogP contribution is 2.24. The summed E-state index contributed by atoms with van der Waals surface area (Å²) < 4.78 is 0. The van der Waals surface area contributed by atoms with Crippen LogP contribution in [0.25, 0.3) is 0 Å². The van der Waals surface area contributed by atoms with E-state index in [9.17, 15) is 0 Å². The molecule has 1 aromatic rings. The van der Waals surface area contributed by atoms with E-state index in [0.29, 0.717) is 12.6 Å². The van der Waals surface area contributed by atoms with E-state index in [2.05, 4.69) is 16.0 Å². The number of nitrogens with zero attached hydrogens (tertiary/aromatic N) is 3. The molecule has 15 heavy (non-hydrogen) atoms. The third-order valence-electron chi connectivity index (χ3n) is 2.94. The lowest BCUT2D eigenvalue weighted by atomic mass is 10.2. The number of rotatable bonds is 4. The first-order valence-electron chi connectivity index (χ1n) is 5.39. The second-order valence-corrected chi connectivity index (χ2v) is 4.91. The molecule has 0 amide bonds. The molecule has 0 aromatic carbocycles. The van der Waals surface area contributed by atoms with Gasteiger partial charge in [0.05, 0.1) is 19.2 Å². The van der Waals surface area contributed by atoms with Crippen LogP contribution in [0.15, 0.2) is 11.6 Å². The molecule has 1 aliphatic rings. The average molecular weight is 221 g/mol. The van der Waals surface area contributed by atoms with Gasteiger partial charge in [-0.2, -0.15) is 5.26 Å². The smallest absolute Gasteiger partial charge is 0.107 e. The maximum Gasteiger partial charge on any atom is 0.107 e. The van der Waals surface area contributed by atoms with Gasteiger partial charge in [0.1, 0.15) is 5.01 Å². The quantitative estimate of drug-likeness (QED) is 0.733. The van der Waals surface area contributed by atoms with Gasteiger partial charge in [0, 0.05) is 17.6 Å². The highest BCUT2D eigenvalue weighted by molar-refractivity contribution is 7.09. The van der Waals surface area contributed by atoms with Crippen molar-refractivity contribution in [3.05, 3.63) is 16.6 Å². The zero-order chi connectivity index (χ0) is 10.5. The first kappa shape index (κ1) is 10.6. The van der Waals surface area contributed by atoms with Gasteiger partial charge in [0.25, 0.3) is 0 Å². The third-order valence-corrected chi connectivity index (χ3v) is 3.70. The molecule has 0 bridgehead atoms. The molecule has 0 N–H and O–H groups in total. The topological polar surface area (TPSA) is 39.9 Å². The average Bonchev–Trinajstić information content (AvgIpc) is 2.89.